The van der Waals surface area contributed by atoms with Crippen LogP contribution in [0.2, 0.25) is 15.1 Å². The van der Waals surface area contributed by atoms with Gasteiger partial charge in [-0.05, 0) is 34.7 Å². The second-order valence-corrected chi connectivity index (χ2v) is 7.56. The van der Waals surface area contributed by atoms with Crippen molar-refractivity contribution in [2.75, 3.05) is 5.32 Å². The lowest BCUT2D eigenvalue weighted by Gasteiger charge is -2.06. The minimum absolute atomic E-state index is 0.247. The fourth-order valence-corrected chi connectivity index (χ4v) is 3.66. The van der Waals surface area contributed by atoms with E-state index in [0.29, 0.717) is 27.3 Å². The molecule has 6 nitrogen and oxygen atoms in total. The molecule has 130 valence electrons. The number of carbonyl (C=O) groups is 1. The number of hydrogen-bond donors (Lipinski definition) is 1. The summed E-state index contributed by atoms with van der Waals surface area (Å²) < 4.78 is 3.86. The highest BCUT2D eigenvalue weighted by molar-refractivity contribution is 14.1. The lowest BCUT2D eigenvalue weighted by Crippen LogP contribution is -2.15. The third-order valence-electron chi connectivity index (χ3n) is 3.33. The summed E-state index contributed by atoms with van der Waals surface area (Å²) >= 11 is 20.6. The molecule has 3 rings (SSSR count). The predicted octanol–water partition coefficient (Wildman–Crippen LogP) is 4.48. The summed E-state index contributed by atoms with van der Waals surface area (Å²) in [5.74, 6) is -0.135. The maximum absolute atomic E-state index is 12.3. The van der Waals surface area contributed by atoms with Crippen LogP contribution in [-0.2, 0) is 13.6 Å². The van der Waals surface area contributed by atoms with Crippen molar-refractivity contribution in [3.8, 4) is 0 Å². The summed E-state index contributed by atoms with van der Waals surface area (Å²) in [4.78, 5) is 12.3. The molecular weight excluding hydrogens is 499 g/mol. The standard InChI is InChI=1S/C15H11Cl3IN5O/c1-23-7-12(19)13(21-23)15(25)20-14-11(18)6-24(22-14)5-8-9(16)3-2-4-10(8)17/h2-4,6-7H,5H2,1H3,(H,20,22,25). The van der Waals surface area contributed by atoms with Gasteiger partial charge in [-0.1, -0.05) is 40.9 Å². The second kappa shape index (κ2) is 7.53. The van der Waals surface area contributed by atoms with E-state index in [-0.39, 0.29) is 11.7 Å². The first-order chi connectivity index (χ1) is 11.8. The van der Waals surface area contributed by atoms with Gasteiger partial charge in [0.1, 0.15) is 5.02 Å². The zero-order chi connectivity index (χ0) is 18.1. The number of nitrogens with one attached hydrogen (secondary N) is 1. The van der Waals surface area contributed by atoms with E-state index in [9.17, 15) is 4.79 Å². The molecule has 10 heteroatoms. The van der Waals surface area contributed by atoms with Crippen molar-refractivity contribution in [2.24, 2.45) is 7.05 Å². The van der Waals surface area contributed by atoms with E-state index in [0.717, 1.165) is 9.13 Å². The van der Waals surface area contributed by atoms with Gasteiger partial charge >= 0.3 is 0 Å². The summed E-state index contributed by atoms with van der Waals surface area (Å²) in [6.07, 6.45) is 3.34. The Hall–Kier alpha value is -1.29. The Bertz CT molecular complexity index is 933. The number of nitrogens with zero attached hydrogens (tertiary/aromatic N) is 4. The molecule has 0 aliphatic heterocycles. The van der Waals surface area contributed by atoms with Crippen LogP contribution >= 0.6 is 57.4 Å². The molecule has 1 N–H and O–H groups in total. The molecule has 0 fully saturated rings. The summed E-state index contributed by atoms with van der Waals surface area (Å²) in [5, 5.41) is 12.5. The van der Waals surface area contributed by atoms with Crippen LogP contribution in [0, 0.1) is 3.57 Å². The molecule has 1 amide bonds. The molecule has 0 atom stereocenters. The zero-order valence-corrected chi connectivity index (χ0v) is 17.2. The van der Waals surface area contributed by atoms with Gasteiger partial charge in [0.2, 0.25) is 0 Å². The van der Waals surface area contributed by atoms with Crippen molar-refractivity contribution < 1.29 is 4.79 Å². The van der Waals surface area contributed by atoms with Gasteiger partial charge in [0, 0.05) is 35.1 Å². The first-order valence-corrected chi connectivity index (χ1v) is 9.22. The van der Waals surface area contributed by atoms with E-state index in [1.165, 1.54) is 0 Å². The maximum atomic E-state index is 12.3. The van der Waals surface area contributed by atoms with Crippen molar-refractivity contribution >= 4 is 69.1 Å². The Kier molecular flexibility index (Phi) is 5.57. The molecule has 0 saturated carbocycles. The fraction of sp³-hybridized carbons (Fsp3) is 0.133. The molecule has 0 aliphatic carbocycles. The van der Waals surface area contributed by atoms with Gasteiger partial charge in [0.05, 0.1) is 10.1 Å². The van der Waals surface area contributed by atoms with Gasteiger partial charge in [-0.15, -0.1) is 0 Å². The van der Waals surface area contributed by atoms with E-state index in [1.54, 1.807) is 47.0 Å². The molecule has 0 bridgehead atoms. The average Bonchev–Trinajstić information content (AvgIpc) is 3.05. The summed E-state index contributed by atoms with van der Waals surface area (Å²) in [6.45, 7) is 0.329. The Labute approximate surface area is 172 Å². The largest absolute Gasteiger partial charge is 0.302 e. The first-order valence-electron chi connectivity index (χ1n) is 7.01. The molecule has 0 radical (unpaired) electrons. The molecule has 25 heavy (non-hydrogen) atoms. The van der Waals surface area contributed by atoms with E-state index in [2.05, 4.69) is 15.5 Å². The highest BCUT2D eigenvalue weighted by Gasteiger charge is 2.18. The number of rotatable bonds is 4. The van der Waals surface area contributed by atoms with Crippen LogP contribution in [0.15, 0.2) is 30.6 Å². The quantitative estimate of drug-likeness (QED) is 0.527. The molecule has 0 unspecified atom stereocenters. The first kappa shape index (κ1) is 18.5. The Morgan fingerprint density at radius 3 is 2.44 bits per heavy atom. The normalized spacial score (nSPS) is 10.9. The monoisotopic (exact) mass is 509 g/mol. The van der Waals surface area contributed by atoms with Gasteiger partial charge in [0.25, 0.3) is 5.91 Å². The smallest absolute Gasteiger partial charge is 0.278 e. The van der Waals surface area contributed by atoms with Gasteiger partial charge < -0.3 is 5.32 Å². The van der Waals surface area contributed by atoms with Crippen LogP contribution in [0.25, 0.3) is 0 Å². The van der Waals surface area contributed by atoms with E-state index >= 15 is 0 Å². The topological polar surface area (TPSA) is 64.7 Å². The summed E-state index contributed by atoms with van der Waals surface area (Å²) in [6, 6.07) is 5.27. The number of hydrogen-bond acceptors (Lipinski definition) is 3. The van der Waals surface area contributed by atoms with Crippen LogP contribution < -0.4 is 5.32 Å². The number of aryl methyl sites for hydroxylation is 1. The minimum Gasteiger partial charge on any atom is -0.302 e. The number of carbonyl (C=O) groups excluding carboxylic acids is 1. The fourth-order valence-electron chi connectivity index (χ4n) is 2.19. The van der Waals surface area contributed by atoms with Crippen LogP contribution in [0.3, 0.4) is 0 Å². The second-order valence-electron chi connectivity index (χ2n) is 5.18. The Morgan fingerprint density at radius 2 is 1.84 bits per heavy atom. The van der Waals surface area contributed by atoms with Crippen LogP contribution in [0.4, 0.5) is 5.82 Å². The minimum atomic E-state index is -0.382. The molecule has 1 aromatic carbocycles. The van der Waals surface area contributed by atoms with Crippen molar-refractivity contribution in [1.29, 1.82) is 0 Å². The van der Waals surface area contributed by atoms with Crippen LogP contribution in [0.5, 0.6) is 0 Å². The van der Waals surface area contributed by atoms with Crippen LogP contribution in [0.1, 0.15) is 16.1 Å². The molecule has 0 saturated heterocycles. The Balaban J connectivity index is 1.81. The van der Waals surface area contributed by atoms with Crippen molar-refractivity contribution in [3.05, 3.63) is 60.5 Å². The van der Waals surface area contributed by atoms with Crippen molar-refractivity contribution in [1.82, 2.24) is 19.6 Å². The predicted molar refractivity (Wildman–Crippen MR) is 107 cm³/mol. The molecule has 0 spiro atoms. The summed E-state index contributed by atoms with van der Waals surface area (Å²) in [5.41, 5.74) is 1.03. The third kappa shape index (κ3) is 4.11. The lowest BCUT2D eigenvalue weighted by atomic mass is 10.2. The number of amides is 1. The van der Waals surface area contributed by atoms with E-state index < -0.39 is 0 Å². The van der Waals surface area contributed by atoms with Crippen LogP contribution in [-0.4, -0.2) is 25.5 Å². The highest BCUT2D eigenvalue weighted by atomic mass is 127. The van der Waals surface area contributed by atoms with Gasteiger partial charge in [-0.2, -0.15) is 10.2 Å². The molecule has 0 aliphatic rings. The van der Waals surface area contributed by atoms with Gasteiger partial charge in [0.15, 0.2) is 11.5 Å². The number of halogens is 4. The molecular formula is C15H11Cl3IN5O. The maximum Gasteiger partial charge on any atom is 0.278 e. The lowest BCUT2D eigenvalue weighted by molar-refractivity contribution is 0.102. The van der Waals surface area contributed by atoms with Crippen molar-refractivity contribution in [3.63, 3.8) is 0 Å². The molecule has 2 heterocycles. The molecule has 2 aromatic heterocycles. The number of benzene rings is 1. The van der Waals surface area contributed by atoms with Gasteiger partial charge in [-0.25, -0.2) is 0 Å². The van der Waals surface area contributed by atoms with E-state index in [4.69, 9.17) is 34.8 Å². The zero-order valence-electron chi connectivity index (χ0n) is 12.8. The van der Waals surface area contributed by atoms with Gasteiger partial charge in [-0.3, -0.25) is 14.2 Å². The highest BCUT2D eigenvalue weighted by Crippen LogP contribution is 2.27. The van der Waals surface area contributed by atoms with E-state index in [1.807, 2.05) is 22.6 Å². The number of aromatic nitrogens is 4. The summed E-state index contributed by atoms with van der Waals surface area (Å²) in [7, 11) is 1.74. The molecule has 3 aromatic rings. The average molecular weight is 511 g/mol. The Morgan fingerprint density at radius 1 is 1.16 bits per heavy atom. The van der Waals surface area contributed by atoms with Crippen molar-refractivity contribution in [2.45, 2.75) is 6.54 Å². The SMILES string of the molecule is Cn1cc(I)c(C(=O)Nc2nn(Cc3c(Cl)cccc3Cl)cc2Cl)n1. The third-order valence-corrected chi connectivity index (χ3v) is 5.10. The number of anilines is 1.